The van der Waals surface area contributed by atoms with Crippen LogP contribution in [0.3, 0.4) is 0 Å². The molecule has 0 fully saturated rings. The maximum Gasteiger partial charge on any atom is 0.0474 e. The Kier molecular flexibility index (Phi) is 5.42. The molecule has 0 amide bonds. The molecule has 0 atom stereocenters. The molecule has 2 heteroatoms. The van der Waals surface area contributed by atoms with Crippen molar-refractivity contribution in [2.45, 2.75) is 25.5 Å². The zero-order valence-corrected chi connectivity index (χ0v) is 10.4. The van der Waals surface area contributed by atoms with Crippen LogP contribution in [0.4, 0.5) is 0 Å². The van der Waals surface area contributed by atoms with E-state index in [1.165, 1.54) is 16.9 Å². The molecule has 1 aromatic carbocycles. The summed E-state index contributed by atoms with van der Waals surface area (Å²) in [5, 5.41) is 0. The molecule has 0 saturated carbocycles. The zero-order chi connectivity index (χ0) is 10.4. The maximum atomic E-state index is 5.72. The number of alkyl halides is 1. The van der Waals surface area contributed by atoms with Gasteiger partial charge >= 0.3 is 0 Å². The molecule has 0 aliphatic heterocycles. The summed E-state index contributed by atoms with van der Waals surface area (Å²) in [7, 11) is 0. The first kappa shape index (κ1) is 11.9. The molecular weight excluding hydrogens is 212 g/mol. The molecule has 0 aliphatic rings. The van der Waals surface area contributed by atoms with Crippen molar-refractivity contribution in [2.75, 3.05) is 5.75 Å². The van der Waals surface area contributed by atoms with Crippen LogP contribution in [0.2, 0.25) is 0 Å². The number of rotatable bonds is 5. The van der Waals surface area contributed by atoms with E-state index in [1.54, 1.807) is 0 Å². The van der Waals surface area contributed by atoms with E-state index in [-0.39, 0.29) is 0 Å². The molecule has 0 nitrogen and oxygen atoms in total. The normalized spacial score (nSPS) is 10.9. The van der Waals surface area contributed by atoms with E-state index in [0.717, 1.165) is 11.7 Å². The van der Waals surface area contributed by atoms with E-state index in [4.69, 9.17) is 11.6 Å². The molecule has 0 N–H and O–H groups in total. The Morgan fingerprint density at radius 1 is 1.14 bits per heavy atom. The highest BCUT2D eigenvalue weighted by molar-refractivity contribution is 7.98. The number of benzene rings is 1. The van der Waals surface area contributed by atoms with Crippen LogP contribution >= 0.6 is 23.4 Å². The van der Waals surface area contributed by atoms with E-state index in [0.29, 0.717) is 5.88 Å². The number of hydrogen-bond acceptors (Lipinski definition) is 1. The third-order valence-corrected chi connectivity index (χ3v) is 3.65. The fourth-order valence-corrected chi connectivity index (χ4v) is 2.33. The van der Waals surface area contributed by atoms with Gasteiger partial charge in [-0.3, -0.25) is 0 Å². The van der Waals surface area contributed by atoms with Crippen molar-refractivity contribution in [3.8, 4) is 0 Å². The molecule has 0 saturated heterocycles. The van der Waals surface area contributed by atoms with Gasteiger partial charge in [-0.1, -0.05) is 38.1 Å². The molecule has 0 bridgehead atoms. The lowest BCUT2D eigenvalue weighted by atomic mass is 10.2. The predicted molar refractivity (Wildman–Crippen MR) is 67.0 cm³/mol. The Hall–Kier alpha value is -0.140. The number of halogens is 1. The molecule has 14 heavy (non-hydrogen) atoms. The second-order valence-electron chi connectivity index (χ2n) is 3.86. The summed E-state index contributed by atoms with van der Waals surface area (Å²) in [5.74, 6) is 3.74. The average Bonchev–Trinajstić information content (AvgIpc) is 2.18. The van der Waals surface area contributed by atoms with Gasteiger partial charge < -0.3 is 0 Å². The lowest BCUT2D eigenvalue weighted by Gasteiger charge is -2.05. The molecule has 0 unspecified atom stereocenters. The van der Waals surface area contributed by atoms with Crippen molar-refractivity contribution in [1.29, 1.82) is 0 Å². The molecule has 1 rings (SSSR count). The Morgan fingerprint density at radius 3 is 2.21 bits per heavy atom. The summed E-state index contributed by atoms with van der Waals surface area (Å²) in [6, 6.07) is 8.56. The van der Waals surface area contributed by atoms with Gasteiger partial charge in [0.2, 0.25) is 0 Å². The van der Waals surface area contributed by atoms with Gasteiger partial charge in [0, 0.05) is 11.6 Å². The van der Waals surface area contributed by atoms with E-state index < -0.39 is 0 Å². The van der Waals surface area contributed by atoms with Gasteiger partial charge in [0.15, 0.2) is 0 Å². The molecular formula is C12H17ClS. The number of hydrogen-bond donors (Lipinski definition) is 0. The van der Waals surface area contributed by atoms with E-state index >= 15 is 0 Å². The first-order chi connectivity index (χ1) is 6.72. The Balaban J connectivity index is 2.36. The Labute approximate surface area is 96.0 Å². The third-order valence-electron chi connectivity index (χ3n) is 1.90. The number of thioether (sulfide) groups is 1. The van der Waals surface area contributed by atoms with E-state index in [2.05, 4.69) is 38.1 Å². The average molecular weight is 229 g/mol. The first-order valence-electron chi connectivity index (χ1n) is 4.94. The van der Waals surface area contributed by atoms with Crippen LogP contribution in [0, 0.1) is 5.92 Å². The second kappa shape index (κ2) is 6.36. The van der Waals surface area contributed by atoms with Gasteiger partial charge in [-0.2, -0.15) is 11.8 Å². The predicted octanol–water partition coefficient (Wildman–Crippen LogP) is 4.31. The van der Waals surface area contributed by atoms with Gasteiger partial charge in [-0.15, -0.1) is 11.6 Å². The molecule has 0 aliphatic carbocycles. The molecule has 78 valence electrons. The first-order valence-corrected chi connectivity index (χ1v) is 6.63. The molecule has 0 radical (unpaired) electrons. The fraction of sp³-hybridized carbons (Fsp3) is 0.500. The smallest absolute Gasteiger partial charge is 0.0474 e. The van der Waals surface area contributed by atoms with Crippen LogP contribution in [0.5, 0.6) is 0 Å². The summed E-state index contributed by atoms with van der Waals surface area (Å²) >= 11 is 7.71. The third kappa shape index (κ3) is 4.39. The molecule has 0 spiro atoms. The molecule has 0 heterocycles. The summed E-state index contributed by atoms with van der Waals surface area (Å²) in [6.07, 6.45) is 0. The van der Waals surface area contributed by atoms with Crippen LogP contribution in [-0.4, -0.2) is 5.75 Å². The van der Waals surface area contributed by atoms with Crippen LogP contribution in [0.15, 0.2) is 24.3 Å². The highest BCUT2D eigenvalue weighted by Gasteiger charge is 1.97. The SMILES string of the molecule is CC(C)CSCc1ccc(CCl)cc1. The summed E-state index contributed by atoms with van der Waals surface area (Å²) in [4.78, 5) is 0. The van der Waals surface area contributed by atoms with Gasteiger partial charge in [-0.05, 0) is 22.8 Å². The summed E-state index contributed by atoms with van der Waals surface area (Å²) < 4.78 is 0. The van der Waals surface area contributed by atoms with E-state index in [1.807, 2.05) is 11.8 Å². The highest BCUT2D eigenvalue weighted by atomic mass is 35.5. The minimum Gasteiger partial charge on any atom is -0.157 e. The van der Waals surface area contributed by atoms with E-state index in [9.17, 15) is 0 Å². The monoisotopic (exact) mass is 228 g/mol. The minimum atomic E-state index is 0.611. The Bertz CT molecular complexity index is 254. The van der Waals surface area contributed by atoms with Gasteiger partial charge in [0.1, 0.15) is 0 Å². The summed E-state index contributed by atoms with van der Waals surface area (Å²) in [5.41, 5.74) is 2.59. The van der Waals surface area contributed by atoms with Crippen LogP contribution in [0.1, 0.15) is 25.0 Å². The Morgan fingerprint density at radius 2 is 1.71 bits per heavy atom. The van der Waals surface area contributed by atoms with Crippen molar-refractivity contribution in [3.63, 3.8) is 0 Å². The van der Waals surface area contributed by atoms with Crippen molar-refractivity contribution < 1.29 is 0 Å². The van der Waals surface area contributed by atoms with Crippen molar-refractivity contribution in [2.24, 2.45) is 5.92 Å². The van der Waals surface area contributed by atoms with Crippen molar-refractivity contribution >= 4 is 23.4 Å². The van der Waals surface area contributed by atoms with Crippen molar-refractivity contribution in [3.05, 3.63) is 35.4 Å². The lowest BCUT2D eigenvalue weighted by Crippen LogP contribution is -1.91. The lowest BCUT2D eigenvalue weighted by molar-refractivity contribution is 0.750. The summed E-state index contributed by atoms with van der Waals surface area (Å²) in [6.45, 7) is 4.51. The highest BCUT2D eigenvalue weighted by Crippen LogP contribution is 2.16. The minimum absolute atomic E-state index is 0.611. The zero-order valence-electron chi connectivity index (χ0n) is 8.79. The van der Waals surface area contributed by atoms with Crippen LogP contribution < -0.4 is 0 Å². The quantitative estimate of drug-likeness (QED) is 0.677. The van der Waals surface area contributed by atoms with Crippen molar-refractivity contribution in [1.82, 2.24) is 0 Å². The van der Waals surface area contributed by atoms with Crippen LogP contribution in [0.25, 0.3) is 0 Å². The second-order valence-corrected chi connectivity index (χ2v) is 5.16. The fourth-order valence-electron chi connectivity index (χ4n) is 1.14. The van der Waals surface area contributed by atoms with Gasteiger partial charge in [0.25, 0.3) is 0 Å². The molecule has 0 aromatic heterocycles. The van der Waals surface area contributed by atoms with Gasteiger partial charge in [0.05, 0.1) is 0 Å². The molecule has 1 aromatic rings. The maximum absolute atomic E-state index is 5.72. The van der Waals surface area contributed by atoms with Gasteiger partial charge in [-0.25, -0.2) is 0 Å². The largest absolute Gasteiger partial charge is 0.157 e. The van der Waals surface area contributed by atoms with Crippen LogP contribution in [-0.2, 0) is 11.6 Å². The topological polar surface area (TPSA) is 0 Å². The standard InChI is InChI=1S/C12H17ClS/c1-10(2)8-14-9-12-5-3-11(7-13)4-6-12/h3-6,10H,7-9H2,1-2H3.